The van der Waals surface area contributed by atoms with Crippen LogP contribution in [-0.4, -0.2) is 16.1 Å². The number of aromatic nitrogens is 2. The first-order chi connectivity index (χ1) is 9.05. The van der Waals surface area contributed by atoms with Crippen LogP contribution in [0.25, 0.3) is 0 Å². The molecule has 0 amide bonds. The first-order valence-corrected chi connectivity index (χ1v) is 5.92. The van der Waals surface area contributed by atoms with Gasteiger partial charge in [0.15, 0.2) is 0 Å². The van der Waals surface area contributed by atoms with Gasteiger partial charge in [-0.2, -0.15) is 13.2 Å². The summed E-state index contributed by atoms with van der Waals surface area (Å²) < 4.78 is 39.0. The summed E-state index contributed by atoms with van der Waals surface area (Å²) in [6, 6.07) is 5.05. The zero-order chi connectivity index (χ0) is 13.7. The van der Waals surface area contributed by atoms with E-state index in [0.29, 0.717) is 12.2 Å². The minimum absolute atomic E-state index is 0.628. The Bertz CT molecular complexity index is 489. The molecule has 1 aromatic heterocycles. The van der Waals surface area contributed by atoms with Crippen LogP contribution in [0.5, 0.6) is 0 Å². The lowest BCUT2D eigenvalue weighted by Crippen LogP contribution is -2.07. The van der Waals surface area contributed by atoms with E-state index in [1.54, 1.807) is 12.5 Å². The Morgan fingerprint density at radius 1 is 1.16 bits per heavy atom. The number of hydrogen-bond acceptors (Lipinski definition) is 2. The standard InChI is InChI=1S/C13H14F3N3/c14-13(15,16)11-2-4-12(5-3-11)18-6-1-8-19-9-7-17-10-19/h2-5,7,9-10,18H,1,6,8H2. The van der Waals surface area contributed by atoms with Gasteiger partial charge in [0.25, 0.3) is 0 Å². The predicted molar refractivity (Wildman–Crippen MR) is 66.8 cm³/mol. The van der Waals surface area contributed by atoms with Crippen LogP contribution >= 0.6 is 0 Å². The maximum atomic E-state index is 12.4. The number of aryl methyl sites for hydroxylation is 1. The summed E-state index contributed by atoms with van der Waals surface area (Å²) in [7, 11) is 0. The third kappa shape index (κ3) is 4.01. The quantitative estimate of drug-likeness (QED) is 0.843. The lowest BCUT2D eigenvalue weighted by atomic mass is 10.2. The van der Waals surface area contributed by atoms with Crippen LogP contribution in [0.3, 0.4) is 0 Å². The molecule has 6 heteroatoms. The molecule has 0 saturated heterocycles. The largest absolute Gasteiger partial charge is 0.416 e. The molecule has 0 spiro atoms. The van der Waals surface area contributed by atoms with Crippen molar-refractivity contribution < 1.29 is 13.2 Å². The number of rotatable bonds is 5. The second-order valence-corrected chi connectivity index (χ2v) is 4.16. The fourth-order valence-corrected chi connectivity index (χ4v) is 1.69. The summed E-state index contributed by atoms with van der Waals surface area (Å²) >= 11 is 0. The molecule has 0 unspecified atom stereocenters. The fourth-order valence-electron chi connectivity index (χ4n) is 1.69. The fraction of sp³-hybridized carbons (Fsp3) is 0.308. The van der Waals surface area contributed by atoms with E-state index in [0.717, 1.165) is 25.1 Å². The zero-order valence-corrected chi connectivity index (χ0v) is 10.2. The highest BCUT2D eigenvalue weighted by Crippen LogP contribution is 2.29. The molecule has 102 valence electrons. The monoisotopic (exact) mass is 269 g/mol. The van der Waals surface area contributed by atoms with Crippen LogP contribution in [0.1, 0.15) is 12.0 Å². The van der Waals surface area contributed by atoms with Crippen LogP contribution in [0.2, 0.25) is 0 Å². The molecular formula is C13H14F3N3. The van der Waals surface area contributed by atoms with E-state index in [9.17, 15) is 13.2 Å². The average molecular weight is 269 g/mol. The molecular weight excluding hydrogens is 255 g/mol. The Morgan fingerprint density at radius 2 is 1.89 bits per heavy atom. The molecule has 0 fully saturated rings. The maximum Gasteiger partial charge on any atom is 0.416 e. The van der Waals surface area contributed by atoms with Crippen LogP contribution in [0.4, 0.5) is 18.9 Å². The van der Waals surface area contributed by atoms with E-state index in [2.05, 4.69) is 10.3 Å². The minimum Gasteiger partial charge on any atom is -0.385 e. The second-order valence-electron chi connectivity index (χ2n) is 4.16. The lowest BCUT2D eigenvalue weighted by Gasteiger charge is -2.09. The summed E-state index contributed by atoms with van der Waals surface area (Å²) in [5.41, 5.74) is 0.0649. The topological polar surface area (TPSA) is 29.9 Å². The van der Waals surface area contributed by atoms with Gasteiger partial charge < -0.3 is 9.88 Å². The van der Waals surface area contributed by atoms with Crippen molar-refractivity contribution in [3.05, 3.63) is 48.5 Å². The van der Waals surface area contributed by atoms with Gasteiger partial charge in [-0.25, -0.2) is 4.98 Å². The van der Waals surface area contributed by atoms with Gasteiger partial charge in [0.2, 0.25) is 0 Å². The van der Waals surface area contributed by atoms with E-state index in [1.165, 1.54) is 12.1 Å². The minimum atomic E-state index is -4.28. The Balaban J connectivity index is 1.77. The summed E-state index contributed by atoms with van der Waals surface area (Å²) in [5, 5.41) is 3.08. The molecule has 0 bridgehead atoms. The molecule has 1 aromatic carbocycles. The molecule has 0 radical (unpaired) electrons. The maximum absolute atomic E-state index is 12.4. The average Bonchev–Trinajstić information content (AvgIpc) is 2.87. The van der Waals surface area contributed by atoms with Crippen LogP contribution in [0, 0.1) is 0 Å². The van der Waals surface area contributed by atoms with Gasteiger partial charge >= 0.3 is 6.18 Å². The zero-order valence-electron chi connectivity index (χ0n) is 10.2. The summed E-state index contributed by atoms with van der Waals surface area (Å²) in [6.45, 7) is 1.52. The molecule has 0 aliphatic carbocycles. The van der Waals surface area contributed by atoms with Gasteiger partial charge in [0.1, 0.15) is 0 Å². The van der Waals surface area contributed by atoms with Gasteiger partial charge in [-0.15, -0.1) is 0 Å². The van der Waals surface area contributed by atoms with Gasteiger partial charge in [-0.1, -0.05) is 0 Å². The van der Waals surface area contributed by atoms with Crippen molar-refractivity contribution in [2.24, 2.45) is 0 Å². The van der Waals surface area contributed by atoms with Crippen molar-refractivity contribution in [2.45, 2.75) is 19.1 Å². The third-order valence-corrected chi connectivity index (χ3v) is 2.69. The van der Waals surface area contributed by atoms with Crippen molar-refractivity contribution in [2.75, 3.05) is 11.9 Å². The molecule has 3 nitrogen and oxygen atoms in total. The van der Waals surface area contributed by atoms with Crippen molar-refractivity contribution in [1.82, 2.24) is 9.55 Å². The van der Waals surface area contributed by atoms with Gasteiger partial charge in [0.05, 0.1) is 11.9 Å². The molecule has 0 aliphatic heterocycles. The van der Waals surface area contributed by atoms with Gasteiger partial charge in [-0.05, 0) is 30.7 Å². The van der Waals surface area contributed by atoms with Crippen molar-refractivity contribution in [3.63, 3.8) is 0 Å². The normalized spacial score (nSPS) is 11.5. The summed E-state index contributed by atoms with van der Waals surface area (Å²) in [6.07, 6.45) is 1.91. The molecule has 0 saturated carbocycles. The second kappa shape index (κ2) is 5.77. The third-order valence-electron chi connectivity index (χ3n) is 2.69. The number of nitrogens with zero attached hydrogens (tertiary/aromatic N) is 2. The smallest absolute Gasteiger partial charge is 0.385 e. The number of halogens is 3. The number of benzene rings is 1. The first kappa shape index (κ1) is 13.5. The van der Waals surface area contributed by atoms with E-state index in [1.807, 2.05) is 10.8 Å². The van der Waals surface area contributed by atoms with Crippen molar-refractivity contribution in [1.29, 1.82) is 0 Å². The van der Waals surface area contributed by atoms with Crippen LogP contribution in [0.15, 0.2) is 43.0 Å². The number of nitrogens with one attached hydrogen (secondary N) is 1. The molecule has 1 N–H and O–H groups in total. The van der Waals surface area contributed by atoms with Gasteiger partial charge in [-0.3, -0.25) is 0 Å². The highest BCUT2D eigenvalue weighted by atomic mass is 19.4. The molecule has 1 heterocycles. The molecule has 2 rings (SSSR count). The van der Waals surface area contributed by atoms with Gasteiger partial charge in [0, 0.05) is 31.2 Å². The Labute approximate surface area is 109 Å². The SMILES string of the molecule is FC(F)(F)c1ccc(NCCCn2ccnc2)cc1. The molecule has 0 aliphatic rings. The molecule has 2 aromatic rings. The lowest BCUT2D eigenvalue weighted by molar-refractivity contribution is -0.137. The summed E-state index contributed by atoms with van der Waals surface area (Å²) in [4.78, 5) is 3.93. The van der Waals surface area contributed by atoms with E-state index in [-0.39, 0.29) is 0 Å². The number of imidazole rings is 1. The highest BCUT2D eigenvalue weighted by molar-refractivity contribution is 5.44. The number of hydrogen-bond donors (Lipinski definition) is 1. The van der Waals surface area contributed by atoms with Crippen molar-refractivity contribution in [3.8, 4) is 0 Å². The first-order valence-electron chi connectivity index (χ1n) is 5.92. The van der Waals surface area contributed by atoms with E-state index < -0.39 is 11.7 Å². The molecule has 19 heavy (non-hydrogen) atoms. The van der Waals surface area contributed by atoms with E-state index in [4.69, 9.17) is 0 Å². The van der Waals surface area contributed by atoms with E-state index >= 15 is 0 Å². The highest BCUT2D eigenvalue weighted by Gasteiger charge is 2.29. The number of anilines is 1. The number of alkyl halides is 3. The molecule has 0 atom stereocenters. The Hall–Kier alpha value is -1.98. The predicted octanol–water partition coefficient (Wildman–Crippen LogP) is 3.40. The Morgan fingerprint density at radius 3 is 2.47 bits per heavy atom. The Kier molecular flexibility index (Phi) is 4.09. The summed E-state index contributed by atoms with van der Waals surface area (Å²) in [5.74, 6) is 0. The van der Waals surface area contributed by atoms with Crippen molar-refractivity contribution >= 4 is 5.69 Å². The van der Waals surface area contributed by atoms with Crippen LogP contribution in [-0.2, 0) is 12.7 Å². The van der Waals surface area contributed by atoms with Crippen LogP contribution < -0.4 is 5.32 Å².